The molecule has 0 fully saturated rings. The van der Waals surface area contributed by atoms with Crippen molar-refractivity contribution in [1.82, 2.24) is 0 Å². The van der Waals surface area contributed by atoms with Gasteiger partial charge in [0.05, 0.1) is 0 Å². The molecule has 0 amide bonds. The van der Waals surface area contributed by atoms with E-state index < -0.39 is 209 Å². The molecule has 0 aromatic carbocycles. The third kappa shape index (κ3) is 30.1. The molecule has 0 saturated heterocycles. The number of phosphoric acid groups is 1. The minimum Gasteiger partial charge on any atom is 1.00 e. The Morgan fingerprint density at radius 3 is 0.537 bits per heavy atom. The van der Waals surface area contributed by atoms with Crippen LogP contribution in [0.25, 0.3) is 0 Å². The molecule has 40 nitrogen and oxygen atoms in total. The van der Waals surface area contributed by atoms with Crippen LogP contribution < -0.4 is 69.5 Å². The SMILES string of the molecule is O=P([O][Mo](=[O])(=[O])[O][Mo](=[O])(=[O])[O][Mo](=[O])(=[O])[O][Mo](=[O])(=[O])[O-])([O][Mo](=[O])(=[O])[O][Mo](=[O])(=[O])[O][Mo](=[O])(=[O])[O][Mo](=[O])(=[O])[O-])[O][Mo](=[O])(=[O])[O][Mo](=[O])(=[O])[O][Mo](=[O])(=[O])[O][Mo](=[O])(=[O])[O-].[Rb+]. The minimum absolute atomic E-state index is 0. The van der Waals surface area contributed by atoms with Crippen LogP contribution >= 0.6 is 7.82 Å². The molecule has 0 heterocycles. The molecular weight excluding hydrogens is 1910 g/mol. The van der Waals surface area contributed by atoms with Gasteiger partial charge in [0.1, 0.15) is 0 Å². The first kappa shape index (κ1) is 61.0. The van der Waals surface area contributed by atoms with Crippen LogP contribution in [-0.2, 0) is 315 Å². The number of hydrogen-bond acceptors (Lipinski definition) is 40. The summed E-state index contributed by atoms with van der Waals surface area (Å²) in [5.74, 6) is 0. The van der Waals surface area contributed by atoms with E-state index in [1.807, 2.05) is 0 Å². The molecule has 0 spiro atoms. The summed E-state index contributed by atoms with van der Waals surface area (Å²) < 4.78 is 351. The van der Waals surface area contributed by atoms with Crippen molar-refractivity contribution in [1.29, 1.82) is 0 Å². The molecular formula is Mo12O40PRb-2. The van der Waals surface area contributed by atoms with Crippen LogP contribution in [0.15, 0.2) is 0 Å². The van der Waals surface area contributed by atoms with Gasteiger partial charge in [-0.05, 0) is 0 Å². The van der Waals surface area contributed by atoms with Gasteiger partial charge in [0, 0.05) is 0 Å². The first-order chi connectivity index (χ1) is 22.5. The van der Waals surface area contributed by atoms with E-state index in [2.05, 4.69) is 27.9 Å². The minimum atomic E-state index is -8.82. The standard InChI is InChI=1S/12Mo.H3O4P.36O.Rb/c;;;;;;;;;;;;1-5(2,3)4;;;;;;;;;;;;;;;;;;;;;;;;;;;;;;;;;;;;;/h;;;;;;;;;;;;(H3,1,2,3,4);;;;;;;;;;;;;;;;;;;;;;;;;;;;;;;;;;;;;/q;;;;;;;;;3*+1;;;;;;;;;;;;;;;;;;;;;;;;;;;;;;;;;;;3*-1;+1/p-3. The summed E-state index contributed by atoms with van der Waals surface area (Å²) >= 11 is -98.5. The van der Waals surface area contributed by atoms with Gasteiger partial charge in [0.25, 0.3) is 0 Å². The van der Waals surface area contributed by atoms with E-state index in [0.29, 0.717) is 0 Å². The van der Waals surface area contributed by atoms with E-state index in [1.54, 1.807) is 0 Å². The van der Waals surface area contributed by atoms with Crippen molar-refractivity contribution in [2.45, 2.75) is 0 Å². The maximum Gasteiger partial charge on any atom is 1.00 e. The molecule has 0 N–H and O–H groups in total. The molecule has 0 aromatic rings. The van der Waals surface area contributed by atoms with E-state index >= 15 is 0 Å². The summed E-state index contributed by atoms with van der Waals surface area (Å²) in [6.45, 7) is 0. The van der Waals surface area contributed by atoms with Gasteiger partial charge in [-0.3, -0.25) is 0 Å². The second kappa shape index (κ2) is 20.8. The maximum atomic E-state index is 12.7. The second-order valence-electron chi connectivity index (χ2n) is 6.18. The molecule has 0 aliphatic rings. The average molecular weight is 1910 g/mol. The molecule has 0 aliphatic heterocycles. The quantitative estimate of drug-likeness (QED) is 0.0640. The summed E-state index contributed by atoms with van der Waals surface area (Å²) in [6.07, 6.45) is 0. The van der Waals surface area contributed by atoms with Gasteiger partial charge in [-0.25, -0.2) is 0 Å². The van der Waals surface area contributed by atoms with Gasteiger partial charge in [0.2, 0.25) is 0 Å². The van der Waals surface area contributed by atoms with Crippen molar-refractivity contribution < 1.29 is 384 Å². The Labute approximate surface area is 383 Å². The van der Waals surface area contributed by atoms with E-state index in [1.165, 1.54) is 0 Å². The van der Waals surface area contributed by atoms with Crippen molar-refractivity contribution in [2.75, 3.05) is 0 Å². The van der Waals surface area contributed by atoms with Crippen LogP contribution in [-0.4, -0.2) is 0 Å². The van der Waals surface area contributed by atoms with Crippen molar-refractivity contribution >= 4 is 7.82 Å². The van der Waals surface area contributed by atoms with Gasteiger partial charge in [0.15, 0.2) is 0 Å². The fourth-order valence-corrected chi connectivity index (χ4v) is 60.0. The van der Waals surface area contributed by atoms with E-state index in [9.17, 15) is 97.4 Å². The molecule has 0 atom stereocenters. The third-order valence-electron chi connectivity index (χ3n) is 2.05. The second-order valence-corrected chi connectivity index (χ2v) is 55.7. The van der Waals surface area contributed by atoms with Crippen LogP contribution in [0.4, 0.5) is 0 Å². The van der Waals surface area contributed by atoms with E-state index in [-0.39, 0.29) is 58.2 Å². The summed E-state index contributed by atoms with van der Waals surface area (Å²) in [5, 5.41) is 0. The predicted molar refractivity (Wildman–Crippen MR) is 37.1 cm³/mol. The van der Waals surface area contributed by atoms with Gasteiger partial charge in [-0.1, -0.05) is 0 Å². The Kier molecular flexibility index (Phi) is 23.5. The Bertz CT molecular complexity index is 2510. The summed E-state index contributed by atoms with van der Waals surface area (Å²) in [6, 6.07) is 0. The Hall–Kier alpha value is 4.89. The molecule has 0 aliphatic carbocycles. The first-order valence-electron chi connectivity index (χ1n) is 8.73. The van der Waals surface area contributed by atoms with Crippen molar-refractivity contribution in [3.05, 3.63) is 0 Å². The molecule has 0 rings (SSSR count). The molecule has 54 heavy (non-hydrogen) atoms. The van der Waals surface area contributed by atoms with Gasteiger partial charge >= 0.3 is 392 Å². The van der Waals surface area contributed by atoms with Gasteiger partial charge in [-0.15, -0.1) is 0 Å². The van der Waals surface area contributed by atoms with Crippen molar-refractivity contribution in [3.8, 4) is 0 Å². The molecule has 54 heteroatoms. The topological polar surface area (TPSA) is 607 Å². The first-order valence-corrected chi connectivity index (χ1v) is 49.5. The summed E-state index contributed by atoms with van der Waals surface area (Å²) in [7, 11) is -7.94. The zero-order chi connectivity index (χ0) is 43.0. The zero-order valence-corrected chi connectivity index (χ0v) is 52.6. The smallest absolute Gasteiger partial charge is 1.00 e. The Morgan fingerprint density at radius 1 is 0.259 bits per heavy atom. The van der Waals surface area contributed by atoms with Gasteiger partial charge < -0.3 is 0 Å². The Balaban J connectivity index is 0. The third-order valence-corrected chi connectivity index (χ3v) is 62.2. The fraction of sp³-hybridized carbons (Fsp3) is 0. The molecule has 0 saturated carbocycles. The number of hydrogen-bond donors (Lipinski definition) is 0. The largest absolute Gasteiger partial charge is 1.00 e. The maximum absolute atomic E-state index is 12.7. The van der Waals surface area contributed by atoms with Crippen LogP contribution in [0.1, 0.15) is 0 Å². The van der Waals surface area contributed by atoms with E-state index in [0.717, 1.165) is 0 Å². The molecule has 0 aromatic heterocycles. The molecule has 0 bridgehead atoms. The summed E-state index contributed by atoms with van der Waals surface area (Å²) in [4.78, 5) is 0. The van der Waals surface area contributed by atoms with E-state index in [4.69, 9.17) is 0 Å². The zero-order valence-electron chi connectivity index (χ0n) is 22.7. The molecule has 0 unspecified atom stereocenters. The monoisotopic (exact) mass is 1930 g/mol. The van der Waals surface area contributed by atoms with Crippen LogP contribution in [0, 0.1) is 0 Å². The molecule has 320 valence electrons. The average Bonchev–Trinajstić information content (AvgIpc) is 2.58. The number of rotatable bonds is 24. The predicted octanol–water partition coefficient (Wildman–Crippen LogP) is -9.52. The van der Waals surface area contributed by atoms with Crippen LogP contribution in [0.5, 0.6) is 0 Å². The van der Waals surface area contributed by atoms with Crippen LogP contribution in [0.2, 0.25) is 0 Å². The van der Waals surface area contributed by atoms with Gasteiger partial charge in [-0.2, -0.15) is 0 Å². The summed E-state index contributed by atoms with van der Waals surface area (Å²) in [5.41, 5.74) is 0. The normalized spacial score (nSPS) is 15.3. The van der Waals surface area contributed by atoms with Crippen molar-refractivity contribution in [3.63, 3.8) is 0 Å². The fourth-order valence-electron chi connectivity index (χ4n) is 1.40. The Morgan fingerprint density at radius 2 is 0.389 bits per heavy atom. The van der Waals surface area contributed by atoms with Crippen LogP contribution in [0.3, 0.4) is 0 Å². The molecule has 0 radical (unpaired) electrons. The van der Waals surface area contributed by atoms with Crippen molar-refractivity contribution in [2.24, 2.45) is 0 Å².